The van der Waals surface area contributed by atoms with E-state index >= 15 is 0 Å². The Balaban J connectivity index is 1.11. The molecule has 0 aliphatic carbocycles. The quantitative estimate of drug-likeness (QED) is 0.526. The van der Waals surface area contributed by atoms with Crippen LogP contribution < -0.4 is 0 Å². The van der Waals surface area contributed by atoms with Crippen molar-refractivity contribution >= 4 is 29.4 Å². The van der Waals surface area contributed by atoms with Crippen LogP contribution in [0, 0.1) is 5.92 Å². The fourth-order valence-corrected chi connectivity index (χ4v) is 8.68. The van der Waals surface area contributed by atoms with Crippen molar-refractivity contribution in [1.82, 2.24) is 9.80 Å². The van der Waals surface area contributed by atoms with Gasteiger partial charge in [0.25, 0.3) is 0 Å². The molecule has 1 aromatic carbocycles. The van der Waals surface area contributed by atoms with Crippen LogP contribution in [0.15, 0.2) is 40.3 Å². The Morgan fingerprint density at radius 3 is 2.76 bits per heavy atom. The van der Waals surface area contributed by atoms with Crippen LogP contribution >= 0.6 is 23.5 Å². The Bertz CT molecular complexity index is 890. The second kappa shape index (κ2) is 9.91. The SMILES string of the molecule is CC[C@H](O)[C@@H]1C(=O)N2C(C)=C(S[C@H]3CCN(CCCC4(c5ccccc5)OCCO4)C3)S[C@H]12. The molecular weight excluding hydrogens is 456 g/mol. The molecule has 0 spiro atoms. The zero-order valence-electron chi connectivity index (χ0n) is 19.4. The second-order valence-electron chi connectivity index (χ2n) is 9.34. The van der Waals surface area contributed by atoms with Crippen molar-refractivity contribution in [3.63, 3.8) is 0 Å². The molecule has 1 aromatic rings. The molecule has 8 heteroatoms. The average molecular weight is 491 g/mol. The highest BCUT2D eigenvalue weighted by Gasteiger charge is 2.55. The van der Waals surface area contributed by atoms with Gasteiger partial charge in [0.2, 0.25) is 5.91 Å². The zero-order valence-corrected chi connectivity index (χ0v) is 21.1. The number of carbonyl (C=O) groups is 1. The number of ether oxygens (including phenoxy) is 2. The van der Waals surface area contributed by atoms with Crippen LogP contribution in [0.3, 0.4) is 0 Å². The number of aliphatic hydroxyl groups is 1. The monoisotopic (exact) mass is 490 g/mol. The van der Waals surface area contributed by atoms with Crippen molar-refractivity contribution in [2.24, 2.45) is 5.92 Å². The Kier molecular flexibility index (Phi) is 7.12. The van der Waals surface area contributed by atoms with Crippen LogP contribution in [0.1, 0.15) is 45.1 Å². The molecule has 0 unspecified atom stereocenters. The number of likely N-dealkylation sites (tertiary alicyclic amines) is 1. The summed E-state index contributed by atoms with van der Waals surface area (Å²) in [5.74, 6) is -0.742. The molecule has 1 amide bonds. The highest BCUT2D eigenvalue weighted by atomic mass is 32.2. The topological polar surface area (TPSA) is 62.2 Å². The van der Waals surface area contributed by atoms with Crippen molar-refractivity contribution in [2.75, 3.05) is 32.8 Å². The van der Waals surface area contributed by atoms with Crippen molar-refractivity contribution in [3.05, 3.63) is 45.8 Å². The van der Waals surface area contributed by atoms with E-state index in [1.54, 1.807) is 11.8 Å². The van der Waals surface area contributed by atoms with Crippen LogP contribution in [-0.4, -0.2) is 70.4 Å². The van der Waals surface area contributed by atoms with Crippen molar-refractivity contribution in [1.29, 1.82) is 0 Å². The molecule has 4 atom stereocenters. The lowest BCUT2D eigenvalue weighted by Crippen LogP contribution is -2.60. The third kappa shape index (κ3) is 4.50. The smallest absolute Gasteiger partial charge is 0.236 e. The van der Waals surface area contributed by atoms with E-state index in [0.29, 0.717) is 24.9 Å². The fourth-order valence-electron chi connectivity index (χ4n) is 5.37. The lowest BCUT2D eigenvalue weighted by molar-refractivity contribution is -0.172. The first-order chi connectivity index (χ1) is 16.0. The van der Waals surface area contributed by atoms with Gasteiger partial charge in [0.15, 0.2) is 5.79 Å². The molecule has 180 valence electrons. The van der Waals surface area contributed by atoms with Gasteiger partial charge < -0.3 is 24.4 Å². The van der Waals surface area contributed by atoms with Gasteiger partial charge in [-0.25, -0.2) is 0 Å². The van der Waals surface area contributed by atoms with E-state index < -0.39 is 11.9 Å². The number of allylic oxidation sites excluding steroid dienone is 1. The van der Waals surface area contributed by atoms with Gasteiger partial charge in [0.05, 0.1) is 29.5 Å². The van der Waals surface area contributed by atoms with E-state index in [4.69, 9.17) is 9.47 Å². The molecule has 0 bridgehead atoms. The lowest BCUT2D eigenvalue weighted by Gasteiger charge is -2.44. The summed E-state index contributed by atoms with van der Waals surface area (Å²) < 4.78 is 13.4. The minimum Gasteiger partial charge on any atom is -0.392 e. The number of carbonyl (C=O) groups excluding carboxylic acids is 1. The van der Waals surface area contributed by atoms with E-state index in [2.05, 4.69) is 24.0 Å². The zero-order chi connectivity index (χ0) is 23.0. The van der Waals surface area contributed by atoms with Gasteiger partial charge in [0.1, 0.15) is 5.37 Å². The largest absolute Gasteiger partial charge is 0.392 e. The molecule has 0 aromatic heterocycles. The summed E-state index contributed by atoms with van der Waals surface area (Å²) >= 11 is 3.71. The number of β-lactam (4-membered cyclic amide) rings is 1. The number of benzene rings is 1. The minimum atomic E-state index is -0.586. The molecule has 3 fully saturated rings. The number of hydrogen-bond donors (Lipinski definition) is 1. The van der Waals surface area contributed by atoms with Crippen LogP contribution in [0.2, 0.25) is 0 Å². The molecule has 3 saturated heterocycles. The molecule has 4 heterocycles. The van der Waals surface area contributed by atoms with Crippen LogP contribution in [0.5, 0.6) is 0 Å². The Morgan fingerprint density at radius 2 is 2.03 bits per heavy atom. The molecular formula is C25H34N2O4S2. The fraction of sp³-hybridized carbons (Fsp3) is 0.640. The normalized spacial score (nSPS) is 30.1. The van der Waals surface area contributed by atoms with Gasteiger partial charge >= 0.3 is 0 Å². The molecule has 4 aliphatic heterocycles. The van der Waals surface area contributed by atoms with Crippen molar-refractivity contribution < 1.29 is 19.4 Å². The molecule has 33 heavy (non-hydrogen) atoms. The van der Waals surface area contributed by atoms with Crippen molar-refractivity contribution in [3.8, 4) is 0 Å². The molecule has 4 aliphatic rings. The van der Waals surface area contributed by atoms with E-state index in [0.717, 1.165) is 43.7 Å². The third-order valence-electron chi connectivity index (χ3n) is 7.25. The maximum Gasteiger partial charge on any atom is 0.236 e. The highest BCUT2D eigenvalue weighted by Crippen LogP contribution is 2.55. The van der Waals surface area contributed by atoms with E-state index in [1.807, 2.05) is 41.8 Å². The standard InChI is InChI=1S/C25H34N2O4S2/c1-3-20(28)21-22(29)27-17(2)24(33-23(21)27)32-19-10-13-26(16-19)12-7-11-25(30-14-15-31-25)18-8-5-4-6-9-18/h4-6,8-9,19-21,23,28H,3,7,10-16H2,1-2H3/t19-,20-,21+,23+/m0/s1. The number of nitrogens with zero attached hydrogens (tertiary/aromatic N) is 2. The van der Waals surface area contributed by atoms with E-state index in [1.165, 1.54) is 10.7 Å². The Morgan fingerprint density at radius 1 is 1.27 bits per heavy atom. The third-order valence-corrected chi connectivity index (χ3v) is 10.3. The van der Waals surface area contributed by atoms with Crippen LogP contribution in [-0.2, 0) is 20.1 Å². The van der Waals surface area contributed by atoms with Gasteiger partial charge in [-0.05, 0) is 39.3 Å². The first-order valence-electron chi connectivity index (χ1n) is 12.1. The summed E-state index contributed by atoms with van der Waals surface area (Å²) in [6.07, 6.45) is 3.16. The first kappa shape index (κ1) is 23.7. The summed E-state index contributed by atoms with van der Waals surface area (Å²) in [6.45, 7) is 8.52. The van der Waals surface area contributed by atoms with Crippen LogP contribution in [0.25, 0.3) is 0 Å². The predicted molar refractivity (Wildman–Crippen MR) is 132 cm³/mol. The molecule has 6 nitrogen and oxygen atoms in total. The average Bonchev–Trinajstić information content (AvgIpc) is 3.54. The number of rotatable bonds is 9. The van der Waals surface area contributed by atoms with Gasteiger partial charge in [-0.15, -0.1) is 11.8 Å². The summed E-state index contributed by atoms with van der Waals surface area (Å²) in [6, 6.07) is 10.3. The van der Waals surface area contributed by atoms with Gasteiger partial charge in [-0.3, -0.25) is 4.79 Å². The number of aliphatic hydroxyl groups excluding tert-OH is 1. The van der Waals surface area contributed by atoms with E-state index in [-0.39, 0.29) is 17.2 Å². The summed E-state index contributed by atoms with van der Waals surface area (Å²) in [5, 5.41) is 10.9. The predicted octanol–water partition coefficient (Wildman–Crippen LogP) is 3.97. The Labute approximate surface area is 205 Å². The summed E-state index contributed by atoms with van der Waals surface area (Å²) in [5.41, 5.74) is 2.20. The maximum atomic E-state index is 12.5. The van der Waals surface area contributed by atoms with Crippen molar-refractivity contribution in [2.45, 2.75) is 62.0 Å². The summed E-state index contributed by atoms with van der Waals surface area (Å²) in [7, 11) is 0. The number of thioether (sulfide) groups is 2. The highest BCUT2D eigenvalue weighted by molar-refractivity contribution is 8.23. The number of fused-ring (bicyclic) bond motifs is 1. The number of hydrogen-bond acceptors (Lipinski definition) is 7. The van der Waals surface area contributed by atoms with Crippen LogP contribution in [0.4, 0.5) is 0 Å². The first-order valence-corrected chi connectivity index (χ1v) is 13.9. The second-order valence-corrected chi connectivity index (χ2v) is 12.0. The Hall–Kier alpha value is -1.03. The lowest BCUT2D eigenvalue weighted by atomic mass is 9.90. The van der Waals surface area contributed by atoms with E-state index in [9.17, 15) is 9.90 Å². The summed E-state index contributed by atoms with van der Waals surface area (Å²) in [4.78, 5) is 17.0. The number of amides is 1. The van der Waals surface area contributed by atoms with Gasteiger partial charge in [-0.1, -0.05) is 49.0 Å². The maximum absolute atomic E-state index is 12.5. The van der Waals surface area contributed by atoms with Gasteiger partial charge in [0, 0.05) is 29.5 Å². The minimum absolute atomic E-state index is 0.0895. The molecule has 0 radical (unpaired) electrons. The van der Waals surface area contributed by atoms with Gasteiger partial charge in [-0.2, -0.15) is 0 Å². The molecule has 5 rings (SSSR count). The molecule has 0 saturated carbocycles. The molecule has 1 N–H and O–H groups in total.